The van der Waals surface area contributed by atoms with Crippen molar-refractivity contribution in [2.45, 2.75) is 57.7 Å². The number of piperidine rings is 1. The number of ether oxygens (including phenoxy) is 2. The maximum absolute atomic E-state index is 11.9. The molecule has 1 spiro atoms. The predicted octanol–water partition coefficient (Wildman–Crippen LogP) is 1.66. The van der Waals surface area contributed by atoms with Crippen LogP contribution in [0.5, 0.6) is 0 Å². The third-order valence-electron chi connectivity index (χ3n) is 3.52. The number of likely N-dealkylation sites (tertiary alicyclic amines) is 1. The van der Waals surface area contributed by atoms with E-state index in [-0.39, 0.29) is 24.7 Å². The third kappa shape index (κ3) is 3.49. The Morgan fingerprint density at radius 1 is 1.25 bits per heavy atom. The van der Waals surface area contributed by atoms with E-state index in [1.54, 1.807) is 4.90 Å². The molecule has 2 rings (SSSR count). The maximum Gasteiger partial charge on any atom is 0.410 e. The minimum Gasteiger partial charge on any atom is -0.458 e. The smallest absolute Gasteiger partial charge is 0.410 e. The second-order valence-electron chi connectivity index (χ2n) is 6.52. The summed E-state index contributed by atoms with van der Waals surface area (Å²) in [5.74, 6) is -0.529. The molecular weight excluding hydrogens is 262 g/mol. The zero-order valence-electron chi connectivity index (χ0n) is 12.2. The second kappa shape index (κ2) is 5.07. The number of hydrogen-bond donors (Lipinski definition) is 0. The van der Waals surface area contributed by atoms with Gasteiger partial charge in [0, 0.05) is 32.4 Å². The Morgan fingerprint density at radius 2 is 1.85 bits per heavy atom. The van der Waals surface area contributed by atoms with Gasteiger partial charge in [-0.3, -0.25) is 9.59 Å². The number of ketones is 1. The van der Waals surface area contributed by atoms with Crippen LogP contribution in [0, 0.1) is 0 Å². The lowest BCUT2D eigenvalue weighted by molar-refractivity contribution is -0.175. The molecular formula is C14H21NO5. The molecule has 0 saturated carbocycles. The van der Waals surface area contributed by atoms with Crippen molar-refractivity contribution in [3.63, 3.8) is 0 Å². The molecule has 2 fully saturated rings. The number of Topliss-reactive ketones (excluding diaryl/α,β-unsaturated/α-hetero) is 1. The van der Waals surface area contributed by atoms with E-state index in [1.807, 2.05) is 20.8 Å². The highest BCUT2D eigenvalue weighted by Crippen LogP contribution is 2.34. The fourth-order valence-electron chi connectivity index (χ4n) is 2.60. The molecule has 6 heteroatoms. The number of hydrogen-bond acceptors (Lipinski definition) is 5. The molecule has 6 nitrogen and oxygen atoms in total. The first-order chi connectivity index (χ1) is 9.19. The molecule has 2 aliphatic rings. The molecule has 0 radical (unpaired) electrons. The minimum absolute atomic E-state index is 0.0769. The van der Waals surface area contributed by atoms with Crippen LogP contribution in [0.4, 0.5) is 4.79 Å². The van der Waals surface area contributed by atoms with Crippen LogP contribution in [0.15, 0.2) is 0 Å². The number of rotatable bonds is 0. The van der Waals surface area contributed by atoms with Gasteiger partial charge in [0.1, 0.15) is 23.4 Å². The molecule has 1 amide bonds. The second-order valence-corrected chi connectivity index (χ2v) is 6.52. The molecule has 0 aromatic heterocycles. The van der Waals surface area contributed by atoms with E-state index in [0.29, 0.717) is 25.9 Å². The SMILES string of the molecule is CC(C)(C)OC(=O)N1CCC2(CC1)CC(=O)CC(=O)O2. The molecule has 112 valence electrons. The van der Waals surface area contributed by atoms with Gasteiger partial charge in [-0.15, -0.1) is 0 Å². The lowest BCUT2D eigenvalue weighted by Crippen LogP contribution is -2.52. The van der Waals surface area contributed by atoms with Gasteiger partial charge in [0.15, 0.2) is 0 Å². The van der Waals surface area contributed by atoms with Crippen LogP contribution in [0.2, 0.25) is 0 Å². The largest absolute Gasteiger partial charge is 0.458 e. The molecule has 2 saturated heterocycles. The molecule has 2 heterocycles. The molecule has 0 aromatic carbocycles. The van der Waals surface area contributed by atoms with Crippen LogP contribution in [0.3, 0.4) is 0 Å². The summed E-state index contributed by atoms with van der Waals surface area (Å²) < 4.78 is 10.7. The van der Waals surface area contributed by atoms with E-state index in [1.165, 1.54) is 0 Å². The van der Waals surface area contributed by atoms with Crippen LogP contribution < -0.4 is 0 Å². The molecule has 0 unspecified atom stereocenters. The molecule has 20 heavy (non-hydrogen) atoms. The zero-order valence-corrected chi connectivity index (χ0v) is 12.2. The van der Waals surface area contributed by atoms with Crippen LogP contribution in [0.1, 0.15) is 46.5 Å². The average molecular weight is 283 g/mol. The first-order valence-electron chi connectivity index (χ1n) is 6.91. The van der Waals surface area contributed by atoms with Gasteiger partial charge >= 0.3 is 12.1 Å². The molecule has 0 aliphatic carbocycles. The summed E-state index contributed by atoms with van der Waals surface area (Å²) in [6.45, 7) is 6.33. The Kier molecular flexibility index (Phi) is 3.75. The number of carbonyl (C=O) groups is 3. The Bertz CT molecular complexity index is 411. The van der Waals surface area contributed by atoms with Crippen molar-refractivity contribution in [3.8, 4) is 0 Å². The van der Waals surface area contributed by atoms with Crippen molar-refractivity contribution in [1.82, 2.24) is 4.90 Å². The van der Waals surface area contributed by atoms with E-state index >= 15 is 0 Å². The van der Waals surface area contributed by atoms with Crippen molar-refractivity contribution in [2.24, 2.45) is 0 Å². The van der Waals surface area contributed by atoms with Crippen LogP contribution in [-0.2, 0) is 19.1 Å². The number of carbonyl (C=O) groups excluding carboxylic acids is 3. The van der Waals surface area contributed by atoms with E-state index in [9.17, 15) is 14.4 Å². The van der Waals surface area contributed by atoms with Crippen LogP contribution >= 0.6 is 0 Å². The van der Waals surface area contributed by atoms with Crippen LogP contribution in [0.25, 0.3) is 0 Å². The highest BCUT2D eigenvalue weighted by molar-refractivity contribution is 5.98. The lowest BCUT2D eigenvalue weighted by Gasteiger charge is -2.42. The number of amides is 1. The van der Waals surface area contributed by atoms with Gasteiger partial charge in [-0.2, -0.15) is 0 Å². The topological polar surface area (TPSA) is 72.9 Å². The van der Waals surface area contributed by atoms with Crippen molar-refractivity contribution < 1.29 is 23.9 Å². The van der Waals surface area contributed by atoms with E-state index in [2.05, 4.69) is 0 Å². The first kappa shape index (κ1) is 14.8. The van der Waals surface area contributed by atoms with Gasteiger partial charge in [-0.1, -0.05) is 0 Å². The summed E-state index contributed by atoms with van der Waals surface area (Å²) in [6.07, 6.45) is 0.757. The lowest BCUT2D eigenvalue weighted by atomic mass is 9.84. The molecule has 0 bridgehead atoms. The van der Waals surface area contributed by atoms with Crippen molar-refractivity contribution in [2.75, 3.05) is 13.1 Å². The Balaban J connectivity index is 1.93. The van der Waals surface area contributed by atoms with Crippen LogP contribution in [-0.4, -0.2) is 47.0 Å². The third-order valence-corrected chi connectivity index (χ3v) is 3.52. The summed E-state index contributed by atoms with van der Waals surface area (Å²) >= 11 is 0. The summed E-state index contributed by atoms with van der Waals surface area (Å²) in [4.78, 5) is 36.5. The van der Waals surface area contributed by atoms with E-state index in [4.69, 9.17) is 9.47 Å². The van der Waals surface area contributed by atoms with Crippen molar-refractivity contribution in [1.29, 1.82) is 0 Å². The average Bonchev–Trinajstić information content (AvgIpc) is 2.25. The van der Waals surface area contributed by atoms with Gasteiger partial charge in [0.2, 0.25) is 0 Å². The summed E-state index contributed by atoms with van der Waals surface area (Å²) in [6, 6.07) is 0. The number of nitrogens with zero attached hydrogens (tertiary/aromatic N) is 1. The molecule has 0 aromatic rings. The fourth-order valence-corrected chi connectivity index (χ4v) is 2.60. The standard InChI is InChI=1S/C14H21NO5/c1-13(2,3)20-12(18)15-6-4-14(5-7-15)9-10(16)8-11(17)19-14/h4-9H2,1-3H3. The molecule has 0 atom stereocenters. The van der Waals surface area contributed by atoms with Gasteiger partial charge < -0.3 is 14.4 Å². The number of esters is 1. The highest BCUT2D eigenvalue weighted by Gasteiger charge is 2.44. The Morgan fingerprint density at radius 3 is 2.35 bits per heavy atom. The van der Waals surface area contributed by atoms with Gasteiger partial charge in [0.05, 0.1) is 0 Å². The predicted molar refractivity (Wildman–Crippen MR) is 70.1 cm³/mol. The van der Waals surface area contributed by atoms with Crippen molar-refractivity contribution in [3.05, 3.63) is 0 Å². The van der Waals surface area contributed by atoms with Gasteiger partial charge in [0.25, 0.3) is 0 Å². The Labute approximate surface area is 118 Å². The first-order valence-corrected chi connectivity index (χ1v) is 6.91. The zero-order chi connectivity index (χ0) is 15.0. The minimum atomic E-state index is -0.703. The summed E-state index contributed by atoms with van der Waals surface area (Å²) in [5, 5.41) is 0. The van der Waals surface area contributed by atoms with E-state index in [0.717, 1.165) is 0 Å². The quantitative estimate of drug-likeness (QED) is 0.499. The molecule has 0 N–H and O–H groups in total. The van der Waals surface area contributed by atoms with Gasteiger partial charge in [-0.05, 0) is 20.8 Å². The summed E-state index contributed by atoms with van der Waals surface area (Å²) in [5.41, 5.74) is -1.23. The fraction of sp³-hybridized carbons (Fsp3) is 0.786. The summed E-state index contributed by atoms with van der Waals surface area (Å²) in [7, 11) is 0. The van der Waals surface area contributed by atoms with Gasteiger partial charge in [-0.25, -0.2) is 4.79 Å². The Hall–Kier alpha value is -1.59. The monoisotopic (exact) mass is 283 g/mol. The maximum atomic E-state index is 11.9. The highest BCUT2D eigenvalue weighted by atomic mass is 16.6. The molecule has 2 aliphatic heterocycles. The van der Waals surface area contributed by atoms with Crippen molar-refractivity contribution >= 4 is 17.8 Å². The van der Waals surface area contributed by atoms with E-state index < -0.39 is 17.2 Å². The normalized spacial score (nSPS) is 22.6.